The fraction of sp³-hybridized carbons (Fsp3) is 0.250. The second-order valence-electron chi connectivity index (χ2n) is 8.04. The standard InChI is InChI=1S/C24H26N6O2S/c25-15-17(16-26)14-24(32)8-12-30(13-9-24)23(31)18-4-6-19(7-5-18)29-33-21-3-1-2-20-22(21)28-11-10-27-20/h1-7,10-11,15-16,25,29,32H,8-9,12-14,26H2. The Bertz CT molecular complexity index is 1170. The third kappa shape index (κ3) is 5.32. The Labute approximate surface area is 196 Å². The first-order chi connectivity index (χ1) is 16.0. The molecule has 0 radical (unpaired) electrons. The number of hydrogen-bond donors (Lipinski definition) is 4. The van der Waals surface area contributed by atoms with Crippen molar-refractivity contribution in [1.29, 1.82) is 5.41 Å². The van der Waals surface area contributed by atoms with Crippen molar-refractivity contribution in [2.45, 2.75) is 29.8 Å². The van der Waals surface area contributed by atoms with Crippen molar-refractivity contribution in [1.82, 2.24) is 14.9 Å². The van der Waals surface area contributed by atoms with E-state index in [4.69, 9.17) is 11.1 Å². The van der Waals surface area contributed by atoms with Crippen LogP contribution in [0.1, 0.15) is 29.6 Å². The van der Waals surface area contributed by atoms with Crippen molar-refractivity contribution in [2.24, 2.45) is 5.73 Å². The van der Waals surface area contributed by atoms with E-state index < -0.39 is 5.60 Å². The average Bonchev–Trinajstić information content (AvgIpc) is 2.86. The highest BCUT2D eigenvalue weighted by Crippen LogP contribution is 2.30. The summed E-state index contributed by atoms with van der Waals surface area (Å²) in [6.45, 7) is 0.923. The number of amides is 1. The van der Waals surface area contributed by atoms with Crippen molar-refractivity contribution < 1.29 is 9.90 Å². The maximum atomic E-state index is 12.9. The van der Waals surface area contributed by atoms with Crippen molar-refractivity contribution >= 4 is 40.8 Å². The molecule has 2 heterocycles. The number of carbonyl (C=O) groups is 1. The Morgan fingerprint density at radius 2 is 1.91 bits per heavy atom. The number of aromatic nitrogens is 2. The van der Waals surface area contributed by atoms with E-state index in [1.807, 2.05) is 30.3 Å². The molecule has 9 heteroatoms. The van der Waals surface area contributed by atoms with Gasteiger partial charge in [-0.3, -0.25) is 14.8 Å². The van der Waals surface area contributed by atoms with Crippen LogP contribution in [0.3, 0.4) is 0 Å². The lowest BCUT2D eigenvalue weighted by atomic mass is 9.85. The van der Waals surface area contributed by atoms with Crippen LogP contribution in [-0.4, -0.2) is 50.8 Å². The molecule has 1 aromatic heterocycles. The molecule has 0 atom stereocenters. The number of rotatable bonds is 7. The summed E-state index contributed by atoms with van der Waals surface area (Å²) in [5.74, 6) is -0.0535. The van der Waals surface area contributed by atoms with Crippen molar-refractivity contribution in [2.75, 3.05) is 17.8 Å². The Hall–Kier alpha value is -3.43. The predicted molar refractivity (Wildman–Crippen MR) is 131 cm³/mol. The van der Waals surface area contributed by atoms with E-state index in [0.717, 1.165) is 27.8 Å². The largest absolute Gasteiger partial charge is 0.404 e. The fourth-order valence-electron chi connectivity index (χ4n) is 3.87. The number of aliphatic hydroxyl groups is 1. The highest BCUT2D eigenvalue weighted by molar-refractivity contribution is 8.00. The average molecular weight is 463 g/mol. The molecule has 1 amide bonds. The molecule has 33 heavy (non-hydrogen) atoms. The first kappa shape index (κ1) is 22.8. The number of piperidine rings is 1. The molecule has 1 fully saturated rings. The molecule has 170 valence electrons. The van der Waals surface area contributed by atoms with Crippen LogP contribution in [0.25, 0.3) is 11.0 Å². The zero-order valence-corrected chi connectivity index (χ0v) is 18.9. The number of para-hydroxylation sites is 1. The molecule has 0 aliphatic carbocycles. The molecule has 0 unspecified atom stereocenters. The van der Waals surface area contributed by atoms with Gasteiger partial charge in [0.2, 0.25) is 0 Å². The van der Waals surface area contributed by atoms with Crippen LogP contribution in [0.5, 0.6) is 0 Å². The molecule has 0 saturated carbocycles. The van der Waals surface area contributed by atoms with E-state index in [1.165, 1.54) is 18.1 Å². The van der Waals surface area contributed by atoms with E-state index >= 15 is 0 Å². The SMILES string of the molecule is N=CC(=CN)CC1(O)CCN(C(=O)c2ccc(NSc3cccc4nccnc34)cc2)CC1. The highest BCUT2D eigenvalue weighted by Gasteiger charge is 2.34. The first-order valence-electron chi connectivity index (χ1n) is 10.7. The normalized spacial score (nSPS) is 15.9. The molecule has 3 aromatic rings. The summed E-state index contributed by atoms with van der Waals surface area (Å²) >= 11 is 1.45. The van der Waals surface area contributed by atoms with Crippen LogP contribution in [0, 0.1) is 5.41 Å². The Kier molecular flexibility index (Phi) is 6.90. The molecule has 1 saturated heterocycles. The third-order valence-electron chi connectivity index (χ3n) is 5.79. The second kappa shape index (κ2) is 10.0. The maximum absolute atomic E-state index is 12.9. The summed E-state index contributed by atoms with van der Waals surface area (Å²) in [4.78, 5) is 24.4. The van der Waals surface area contributed by atoms with Gasteiger partial charge in [0.05, 0.1) is 16.0 Å². The quantitative estimate of drug-likeness (QED) is 0.312. The number of nitrogens with one attached hydrogen (secondary N) is 2. The van der Waals surface area contributed by atoms with Crippen molar-refractivity contribution in [3.8, 4) is 0 Å². The lowest BCUT2D eigenvalue weighted by molar-refractivity contribution is -0.0152. The van der Waals surface area contributed by atoms with Gasteiger partial charge in [0, 0.05) is 49.4 Å². The Morgan fingerprint density at radius 1 is 1.18 bits per heavy atom. The zero-order chi connectivity index (χ0) is 23.3. The fourth-order valence-corrected chi connectivity index (χ4v) is 4.63. The molecule has 2 aromatic carbocycles. The molecule has 1 aliphatic heterocycles. The monoisotopic (exact) mass is 462 g/mol. The van der Waals surface area contributed by atoms with Gasteiger partial charge in [-0.05, 0) is 73.0 Å². The summed E-state index contributed by atoms with van der Waals surface area (Å²) in [6.07, 6.45) is 7.10. The molecule has 4 rings (SSSR count). The number of benzene rings is 2. The Morgan fingerprint density at radius 3 is 2.61 bits per heavy atom. The van der Waals surface area contributed by atoms with E-state index in [9.17, 15) is 9.90 Å². The molecule has 0 bridgehead atoms. The number of anilines is 1. The summed E-state index contributed by atoms with van der Waals surface area (Å²) in [5.41, 5.74) is 8.31. The minimum atomic E-state index is -0.934. The van der Waals surface area contributed by atoms with Gasteiger partial charge in [-0.15, -0.1) is 0 Å². The van der Waals surface area contributed by atoms with Gasteiger partial charge < -0.3 is 25.9 Å². The number of nitrogens with two attached hydrogens (primary N) is 1. The number of hydrogen-bond acceptors (Lipinski definition) is 8. The van der Waals surface area contributed by atoms with E-state index in [1.54, 1.807) is 29.4 Å². The smallest absolute Gasteiger partial charge is 0.253 e. The minimum Gasteiger partial charge on any atom is -0.404 e. The molecule has 1 aliphatic rings. The topological polar surface area (TPSA) is 128 Å². The van der Waals surface area contributed by atoms with Crippen LogP contribution >= 0.6 is 11.9 Å². The first-order valence-corrected chi connectivity index (χ1v) is 11.5. The number of likely N-dealkylation sites (tertiary alicyclic amines) is 1. The molecular formula is C24H26N6O2S. The maximum Gasteiger partial charge on any atom is 0.253 e. The summed E-state index contributed by atoms with van der Waals surface area (Å²) in [6, 6.07) is 13.2. The second-order valence-corrected chi connectivity index (χ2v) is 8.89. The van der Waals surface area contributed by atoms with Gasteiger partial charge in [0.25, 0.3) is 5.91 Å². The van der Waals surface area contributed by atoms with Gasteiger partial charge in [-0.25, -0.2) is 0 Å². The van der Waals surface area contributed by atoms with Crippen LogP contribution in [0.15, 0.2) is 71.5 Å². The van der Waals surface area contributed by atoms with Gasteiger partial charge in [0.1, 0.15) is 5.52 Å². The summed E-state index contributed by atoms with van der Waals surface area (Å²) < 4.78 is 3.30. The van der Waals surface area contributed by atoms with E-state index in [0.29, 0.717) is 43.5 Å². The van der Waals surface area contributed by atoms with Crippen LogP contribution in [0.2, 0.25) is 0 Å². The van der Waals surface area contributed by atoms with Crippen molar-refractivity contribution in [3.63, 3.8) is 0 Å². The van der Waals surface area contributed by atoms with E-state index in [-0.39, 0.29) is 5.91 Å². The van der Waals surface area contributed by atoms with Crippen LogP contribution in [-0.2, 0) is 0 Å². The lowest BCUT2D eigenvalue weighted by Crippen LogP contribution is -2.47. The zero-order valence-electron chi connectivity index (χ0n) is 18.1. The highest BCUT2D eigenvalue weighted by atomic mass is 32.2. The van der Waals surface area contributed by atoms with Gasteiger partial charge >= 0.3 is 0 Å². The summed E-state index contributed by atoms with van der Waals surface area (Å²) in [7, 11) is 0. The molecule has 5 N–H and O–H groups in total. The summed E-state index contributed by atoms with van der Waals surface area (Å²) in [5, 5.41) is 18.1. The van der Waals surface area contributed by atoms with Gasteiger partial charge in [-0.1, -0.05) is 6.07 Å². The van der Waals surface area contributed by atoms with Gasteiger partial charge in [-0.2, -0.15) is 0 Å². The molecule has 0 spiro atoms. The lowest BCUT2D eigenvalue weighted by Gasteiger charge is -2.38. The van der Waals surface area contributed by atoms with E-state index in [2.05, 4.69) is 14.7 Å². The third-order valence-corrected chi connectivity index (χ3v) is 6.67. The van der Waals surface area contributed by atoms with Gasteiger partial charge in [0.15, 0.2) is 0 Å². The predicted octanol–water partition coefficient (Wildman–Crippen LogP) is 3.60. The Balaban J connectivity index is 1.34. The van der Waals surface area contributed by atoms with Crippen LogP contribution in [0.4, 0.5) is 5.69 Å². The molecule has 8 nitrogen and oxygen atoms in total. The number of carbonyl (C=O) groups excluding carboxylic acids is 1. The number of fused-ring (bicyclic) bond motifs is 1. The van der Waals surface area contributed by atoms with Crippen LogP contribution < -0.4 is 10.5 Å². The minimum absolute atomic E-state index is 0.0535. The molecular weight excluding hydrogens is 436 g/mol. The number of nitrogens with zero attached hydrogens (tertiary/aromatic N) is 3. The van der Waals surface area contributed by atoms with Crippen molar-refractivity contribution in [3.05, 3.63) is 72.2 Å².